The summed E-state index contributed by atoms with van der Waals surface area (Å²) in [4.78, 5) is 13.8. The summed E-state index contributed by atoms with van der Waals surface area (Å²) in [5.74, 6) is 0.822. The van der Waals surface area contributed by atoms with E-state index in [0.29, 0.717) is 30.3 Å². The van der Waals surface area contributed by atoms with E-state index in [0.717, 1.165) is 0 Å². The molecule has 4 heteroatoms. The third-order valence-corrected chi connectivity index (χ3v) is 4.64. The smallest absolute Gasteiger partial charge is 0.162 e. The predicted octanol–water partition coefficient (Wildman–Crippen LogP) is 3.28. The second-order valence-electron chi connectivity index (χ2n) is 6.50. The minimum atomic E-state index is -0.501. The molecular weight excluding hydrogens is 290 g/mol. The molecule has 0 radical (unpaired) electrons. The van der Waals surface area contributed by atoms with Gasteiger partial charge in [0.25, 0.3) is 0 Å². The lowest BCUT2D eigenvalue weighted by Gasteiger charge is -2.32. The van der Waals surface area contributed by atoms with Crippen molar-refractivity contribution < 1.29 is 14.6 Å². The number of nitrogens with zero attached hydrogens (tertiary/aromatic N) is 1. The zero-order chi connectivity index (χ0) is 16.7. The number of carbonyl (C=O) groups excluding carboxylic acids is 1. The van der Waals surface area contributed by atoms with Gasteiger partial charge in [-0.05, 0) is 44.2 Å². The predicted molar refractivity (Wildman–Crippen MR) is 92.1 cm³/mol. The first-order chi connectivity index (χ1) is 11.1. The fourth-order valence-electron chi connectivity index (χ4n) is 3.19. The van der Waals surface area contributed by atoms with Gasteiger partial charge in [0.15, 0.2) is 5.78 Å². The molecule has 0 heterocycles. The molecular formula is C19H29NO3. The van der Waals surface area contributed by atoms with E-state index in [-0.39, 0.29) is 12.4 Å². The molecule has 1 aromatic carbocycles. The summed E-state index contributed by atoms with van der Waals surface area (Å²) in [6.07, 6.45) is 6.40. The van der Waals surface area contributed by atoms with Crippen molar-refractivity contribution >= 4 is 5.78 Å². The van der Waals surface area contributed by atoms with E-state index in [1.807, 2.05) is 6.92 Å². The van der Waals surface area contributed by atoms with Gasteiger partial charge in [0.05, 0.1) is 0 Å². The van der Waals surface area contributed by atoms with Crippen molar-refractivity contribution in [2.75, 3.05) is 20.2 Å². The molecule has 4 nitrogen and oxygen atoms in total. The van der Waals surface area contributed by atoms with Crippen molar-refractivity contribution in [2.45, 2.75) is 57.6 Å². The summed E-state index contributed by atoms with van der Waals surface area (Å²) >= 11 is 0. The first-order valence-corrected chi connectivity index (χ1v) is 8.74. The summed E-state index contributed by atoms with van der Waals surface area (Å²) in [5, 5.41) is 10.2. The van der Waals surface area contributed by atoms with Crippen LogP contribution in [0.15, 0.2) is 24.3 Å². The highest BCUT2D eigenvalue weighted by molar-refractivity contribution is 5.95. The molecule has 0 aliphatic heterocycles. The van der Waals surface area contributed by atoms with Crippen molar-refractivity contribution in [2.24, 2.45) is 0 Å². The van der Waals surface area contributed by atoms with Crippen molar-refractivity contribution in [3.63, 3.8) is 0 Å². The molecule has 0 amide bonds. The van der Waals surface area contributed by atoms with Crippen LogP contribution in [-0.2, 0) is 0 Å². The number of aliphatic hydroxyl groups is 1. The van der Waals surface area contributed by atoms with E-state index in [2.05, 4.69) is 11.9 Å². The van der Waals surface area contributed by atoms with Gasteiger partial charge in [-0.2, -0.15) is 0 Å². The summed E-state index contributed by atoms with van der Waals surface area (Å²) in [7, 11) is 2.09. The zero-order valence-electron chi connectivity index (χ0n) is 14.3. The molecule has 1 fully saturated rings. The molecule has 128 valence electrons. The maximum Gasteiger partial charge on any atom is 0.162 e. The van der Waals surface area contributed by atoms with E-state index >= 15 is 0 Å². The van der Waals surface area contributed by atoms with Crippen LogP contribution < -0.4 is 4.74 Å². The third-order valence-electron chi connectivity index (χ3n) is 4.64. The van der Waals surface area contributed by atoms with Gasteiger partial charge in [-0.25, -0.2) is 0 Å². The standard InChI is InChI=1S/C19H29NO3/c1-3-19(22)15-9-11-18(12-10-15)23-14-17(21)13-20(2)16-7-5-4-6-8-16/h9-12,16-17,21H,3-8,13-14H2,1-2H3/t17-/m0/s1. The number of Topliss-reactive ketones (excluding diaryl/α,β-unsaturated/α-hetero) is 1. The Bertz CT molecular complexity index is 480. The van der Waals surface area contributed by atoms with Gasteiger partial charge in [0, 0.05) is 24.6 Å². The number of hydrogen-bond donors (Lipinski definition) is 1. The third kappa shape index (κ3) is 5.63. The lowest BCUT2D eigenvalue weighted by Crippen LogP contribution is -2.40. The van der Waals surface area contributed by atoms with Crippen LogP contribution >= 0.6 is 0 Å². The van der Waals surface area contributed by atoms with Gasteiger partial charge in [0.2, 0.25) is 0 Å². The van der Waals surface area contributed by atoms with Crippen LogP contribution in [0.3, 0.4) is 0 Å². The number of carbonyl (C=O) groups is 1. The van der Waals surface area contributed by atoms with E-state index in [1.165, 1.54) is 32.1 Å². The Labute approximate surface area is 139 Å². The lowest BCUT2D eigenvalue weighted by molar-refractivity contribution is 0.0561. The van der Waals surface area contributed by atoms with Crippen molar-refractivity contribution in [3.8, 4) is 5.75 Å². The number of hydrogen-bond acceptors (Lipinski definition) is 4. The molecule has 2 rings (SSSR count). The zero-order valence-corrected chi connectivity index (χ0v) is 14.3. The summed E-state index contributed by atoms with van der Waals surface area (Å²) in [6.45, 7) is 2.77. The average Bonchev–Trinajstić information content (AvgIpc) is 2.60. The summed E-state index contributed by atoms with van der Waals surface area (Å²) in [6, 6.07) is 7.74. The van der Waals surface area contributed by atoms with E-state index < -0.39 is 6.10 Å². The molecule has 0 aromatic heterocycles. The van der Waals surface area contributed by atoms with Crippen LogP contribution in [0.25, 0.3) is 0 Å². The van der Waals surface area contributed by atoms with Crippen molar-refractivity contribution in [3.05, 3.63) is 29.8 Å². The highest BCUT2D eigenvalue weighted by Crippen LogP contribution is 2.21. The summed E-state index contributed by atoms with van der Waals surface area (Å²) < 4.78 is 5.64. The van der Waals surface area contributed by atoms with Crippen LogP contribution in [0.4, 0.5) is 0 Å². The molecule has 1 aliphatic carbocycles. The van der Waals surface area contributed by atoms with Gasteiger partial charge in [-0.3, -0.25) is 4.79 Å². The molecule has 0 saturated heterocycles. The highest BCUT2D eigenvalue weighted by Gasteiger charge is 2.20. The van der Waals surface area contributed by atoms with Crippen LogP contribution in [0.1, 0.15) is 55.8 Å². The van der Waals surface area contributed by atoms with Crippen LogP contribution in [0.5, 0.6) is 5.75 Å². The quantitative estimate of drug-likeness (QED) is 0.747. The first-order valence-electron chi connectivity index (χ1n) is 8.74. The fraction of sp³-hybridized carbons (Fsp3) is 0.632. The second-order valence-corrected chi connectivity index (χ2v) is 6.50. The second kappa shape index (κ2) is 9.04. The molecule has 0 spiro atoms. The van der Waals surface area contributed by atoms with Crippen LogP contribution in [-0.4, -0.2) is 48.1 Å². The maximum atomic E-state index is 11.6. The Morgan fingerprint density at radius 3 is 2.52 bits per heavy atom. The van der Waals surface area contributed by atoms with Crippen molar-refractivity contribution in [1.29, 1.82) is 0 Å². The van der Waals surface area contributed by atoms with Crippen molar-refractivity contribution in [1.82, 2.24) is 4.90 Å². The molecule has 1 atom stereocenters. The number of ketones is 1. The number of ether oxygens (including phenoxy) is 1. The van der Waals surface area contributed by atoms with E-state index in [4.69, 9.17) is 4.74 Å². The molecule has 23 heavy (non-hydrogen) atoms. The van der Waals surface area contributed by atoms with Crippen LogP contribution in [0.2, 0.25) is 0 Å². The van der Waals surface area contributed by atoms with Gasteiger partial charge in [-0.1, -0.05) is 26.2 Å². The molecule has 1 aliphatic rings. The first kappa shape index (κ1) is 18.0. The number of aliphatic hydroxyl groups excluding tert-OH is 1. The van der Waals surface area contributed by atoms with Gasteiger partial charge < -0.3 is 14.7 Å². The minimum Gasteiger partial charge on any atom is -0.491 e. The Morgan fingerprint density at radius 2 is 1.91 bits per heavy atom. The Hall–Kier alpha value is -1.39. The lowest BCUT2D eigenvalue weighted by atomic mass is 9.94. The minimum absolute atomic E-state index is 0.130. The molecule has 0 unspecified atom stereocenters. The fourth-order valence-corrected chi connectivity index (χ4v) is 3.19. The Kier molecular flexibility index (Phi) is 7.06. The SMILES string of the molecule is CCC(=O)c1ccc(OC[C@@H](O)CN(C)C2CCCCC2)cc1. The van der Waals surface area contributed by atoms with Gasteiger partial charge in [-0.15, -0.1) is 0 Å². The van der Waals surface area contributed by atoms with Gasteiger partial charge in [0.1, 0.15) is 18.5 Å². The molecule has 0 bridgehead atoms. The Balaban J connectivity index is 1.75. The monoisotopic (exact) mass is 319 g/mol. The van der Waals surface area contributed by atoms with E-state index in [9.17, 15) is 9.90 Å². The number of benzene rings is 1. The molecule has 1 N–H and O–H groups in total. The highest BCUT2D eigenvalue weighted by atomic mass is 16.5. The van der Waals surface area contributed by atoms with Gasteiger partial charge >= 0.3 is 0 Å². The molecule has 1 aromatic rings. The summed E-state index contributed by atoms with van der Waals surface area (Å²) in [5.41, 5.74) is 0.706. The Morgan fingerprint density at radius 1 is 1.26 bits per heavy atom. The van der Waals surface area contributed by atoms with Crippen LogP contribution in [0, 0.1) is 0 Å². The largest absolute Gasteiger partial charge is 0.491 e. The number of likely N-dealkylation sites (N-methyl/N-ethyl adjacent to an activating group) is 1. The topological polar surface area (TPSA) is 49.8 Å². The molecule has 1 saturated carbocycles. The number of rotatable bonds is 8. The normalized spacial score (nSPS) is 17.2. The average molecular weight is 319 g/mol. The maximum absolute atomic E-state index is 11.6. The van der Waals surface area contributed by atoms with E-state index in [1.54, 1.807) is 24.3 Å².